The van der Waals surface area contributed by atoms with Gasteiger partial charge in [0.25, 0.3) is 0 Å². The lowest BCUT2D eigenvalue weighted by Gasteiger charge is -2.12. The molecule has 1 rings (SSSR count). The van der Waals surface area contributed by atoms with Crippen molar-refractivity contribution < 1.29 is 8.42 Å². The van der Waals surface area contributed by atoms with Gasteiger partial charge in [0.1, 0.15) is 4.90 Å². The topological polar surface area (TPSA) is 99.2 Å². The van der Waals surface area contributed by atoms with E-state index >= 15 is 0 Å². The van der Waals surface area contributed by atoms with Gasteiger partial charge in [-0.15, -0.1) is 0 Å². The van der Waals surface area contributed by atoms with Crippen LogP contribution in [0.3, 0.4) is 0 Å². The molecular formula is C11H16N4O2S. The maximum Gasteiger partial charge on any atom is 0.242 e. The summed E-state index contributed by atoms with van der Waals surface area (Å²) in [4.78, 5) is 1.87. The summed E-state index contributed by atoms with van der Waals surface area (Å²) in [5.41, 5.74) is 6.04. The minimum atomic E-state index is -3.62. The average Bonchev–Trinajstić information content (AvgIpc) is 2.27. The van der Waals surface area contributed by atoms with Crippen molar-refractivity contribution >= 4 is 15.7 Å². The van der Waals surface area contributed by atoms with E-state index in [1.165, 1.54) is 18.2 Å². The van der Waals surface area contributed by atoms with E-state index in [1.54, 1.807) is 0 Å². The van der Waals surface area contributed by atoms with E-state index in [9.17, 15) is 8.42 Å². The molecule has 0 saturated carbocycles. The number of nitriles is 1. The van der Waals surface area contributed by atoms with Gasteiger partial charge in [0.15, 0.2) is 0 Å². The summed E-state index contributed by atoms with van der Waals surface area (Å²) in [7, 11) is 0.0804. The molecule has 6 nitrogen and oxygen atoms in total. The van der Waals surface area contributed by atoms with Crippen LogP contribution in [0.1, 0.15) is 5.56 Å². The van der Waals surface area contributed by atoms with Gasteiger partial charge in [-0.2, -0.15) is 5.26 Å². The molecule has 0 heterocycles. The molecule has 1 aromatic carbocycles. The first kappa shape index (κ1) is 14.4. The largest absolute Gasteiger partial charge is 0.398 e. The summed E-state index contributed by atoms with van der Waals surface area (Å²) < 4.78 is 26.3. The van der Waals surface area contributed by atoms with E-state index in [1.807, 2.05) is 25.1 Å². The molecule has 0 bridgehead atoms. The standard InChI is InChI=1S/C11H16N4O2S/c1-15(2)6-5-14-18(16,17)11-4-3-9(8-12)7-10(11)13/h3-4,7,14H,5-6,13H2,1-2H3. The van der Waals surface area contributed by atoms with E-state index in [0.29, 0.717) is 18.7 Å². The molecule has 1 aromatic rings. The Morgan fingerprint density at radius 2 is 2.11 bits per heavy atom. The Balaban J connectivity index is 2.89. The molecule has 3 N–H and O–H groups in total. The number of nitrogen functional groups attached to an aromatic ring is 1. The summed E-state index contributed by atoms with van der Waals surface area (Å²) in [6, 6.07) is 6.02. The van der Waals surface area contributed by atoms with Crippen molar-refractivity contribution in [2.45, 2.75) is 4.90 Å². The molecule has 0 aromatic heterocycles. The Kier molecular flexibility index (Phi) is 4.67. The van der Waals surface area contributed by atoms with E-state index in [-0.39, 0.29) is 10.6 Å². The van der Waals surface area contributed by atoms with Gasteiger partial charge in [0, 0.05) is 13.1 Å². The van der Waals surface area contributed by atoms with Crippen molar-refractivity contribution in [1.29, 1.82) is 5.26 Å². The number of rotatable bonds is 5. The minimum Gasteiger partial charge on any atom is -0.398 e. The third kappa shape index (κ3) is 3.70. The van der Waals surface area contributed by atoms with Gasteiger partial charge in [0.05, 0.1) is 17.3 Å². The van der Waals surface area contributed by atoms with Crippen LogP contribution < -0.4 is 10.5 Å². The molecule has 0 aliphatic rings. The lowest BCUT2D eigenvalue weighted by molar-refractivity contribution is 0.412. The van der Waals surface area contributed by atoms with Gasteiger partial charge in [-0.25, -0.2) is 13.1 Å². The zero-order chi connectivity index (χ0) is 13.8. The van der Waals surface area contributed by atoms with Crippen LogP contribution in [0.4, 0.5) is 5.69 Å². The number of hydrogen-bond donors (Lipinski definition) is 2. The van der Waals surface area contributed by atoms with Crippen molar-refractivity contribution in [2.75, 3.05) is 32.9 Å². The second kappa shape index (κ2) is 5.82. The Hall–Kier alpha value is -1.62. The van der Waals surface area contributed by atoms with Gasteiger partial charge in [-0.05, 0) is 32.3 Å². The molecule has 0 amide bonds. The number of anilines is 1. The number of benzene rings is 1. The number of nitrogens with one attached hydrogen (secondary N) is 1. The highest BCUT2D eigenvalue weighted by Crippen LogP contribution is 2.19. The fourth-order valence-electron chi connectivity index (χ4n) is 1.34. The normalized spacial score (nSPS) is 11.4. The smallest absolute Gasteiger partial charge is 0.242 e. The maximum absolute atomic E-state index is 11.9. The first-order valence-electron chi connectivity index (χ1n) is 5.31. The van der Waals surface area contributed by atoms with Crippen LogP contribution in [0.5, 0.6) is 0 Å². The number of sulfonamides is 1. The molecule has 0 radical (unpaired) electrons. The zero-order valence-corrected chi connectivity index (χ0v) is 11.2. The SMILES string of the molecule is CN(C)CCNS(=O)(=O)c1ccc(C#N)cc1N. The van der Waals surface area contributed by atoms with Crippen LogP contribution in [0.2, 0.25) is 0 Å². The van der Waals surface area contributed by atoms with Crippen LogP contribution >= 0.6 is 0 Å². The maximum atomic E-state index is 11.9. The molecular weight excluding hydrogens is 252 g/mol. The molecule has 7 heteroatoms. The minimum absolute atomic E-state index is 0.000237. The molecule has 0 spiro atoms. The Morgan fingerprint density at radius 1 is 1.44 bits per heavy atom. The molecule has 18 heavy (non-hydrogen) atoms. The zero-order valence-electron chi connectivity index (χ0n) is 10.3. The van der Waals surface area contributed by atoms with E-state index in [4.69, 9.17) is 11.0 Å². The number of nitrogens with zero attached hydrogens (tertiary/aromatic N) is 2. The lowest BCUT2D eigenvalue weighted by atomic mass is 10.2. The third-order valence-corrected chi connectivity index (χ3v) is 3.81. The second-order valence-electron chi connectivity index (χ2n) is 4.07. The third-order valence-electron chi connectivity index (χ3n) is 2.28. The highest BCUT2D eigenvalue weighted by molar-refractivity contribution is 7.89. The van der Waals surface area contributed by atoms with Crippen LogP contribution in [-0.2, 0) is 10.0 Å². The highest BCUT2D eigenvalue weighted by Gasteiger charge is 2.17. The average molecular weight is 268 g/mol. The Morgan fingerprint density at radius 3 is 2.61 bits per heavy atom. The van der Waals surface area contributed by atoms with Gasteiger partial charge in [-0.3, -0.25) is 0 Å². The van der Waals surface area contributed by atoms with Crippen LogP contribution in [0.15, 0.2) is 23.1 Å². The van der Waals surface area contributed by atoms with Crippen molar-refractivity contribution in [3.05, 3.63) is 23.8 Å². The van der Waals surface area contributed by atoms with Crippen molar-refractivity contribution in [2.24, 2.45) is 0 Å². The van der Waals surface area contributed by atoms with Crippen molar-refractivity contribution in [3.63, 3.8) is 0 Å². The molecule has 0 aliphatic carbocycles. The molecule has 0 saturated heterocycles. The number of likely N-dealkylation sites (N-methyl/N-ethyl adjacent to an activating group) is 1. The van der Waals surface area contributed by atoms with Crippen LogP contribution in [0.25, 0.3) is 0 Å². The van der Waals surface area contributed by atoms with Gasteiger partial charge in [-0.1, -0.05) is 0 Å². The van der Waals surface area contributed by atoms with Crippen molar-refractivity contribution in [1.82, 2.24) is 9.62 Å². The predicted molar refractivity (Wildman–Crippen MR) is 69.3 cm³/mol. The first-order valence-corrected chi connectivity index (χ1v) is 6.79. The van der Waals surface area contributed by atoms with Crippen LogP contribution in [0, 0.1) is 11.3 Å². The summed E-state index contributed by atoms with van der Waals surface area (Å²) in [5, 5.41) is 8.68. The molecule has 0 fully saturated rings. The fraction of sp³-hybridized carbons (Fsp3) is 0.364. The van der Waals surface area contributed by atoms with Crippen molar-refractivity contribution in [3.8, 4) is 6.07 Å². The number of nitrogens with two attached hydrogens (primary N) is 1. The first-order chi connectivity index (χ1) is 8.36. The quantitative estimate of drug-likeness (QED) is 0.731. The van der Waals surface area contributed by atoms with E-state index in [2.05, 4.69) is 4.72 Å². The predicted octanol–water partition coefficient (Wildman–Crippen LogP) is -0.0196. The van der Waals surface area contributed by atoms with Gasteiger partial charge < -0.3 is 10.6 Å². The molecule has 98 valence electrons. The Labute approximate surface area is 107 Å². The number of hydrogen-bond acceptors (Lipinski definition) is 5. The highest BCUT2D eigenvalue weighted by atomic mass is 32.2. The molecule has 0 aliphatic heterocycles. The van der Waals surface area contributed by atoms with Crippen LogP contribution in [-0.4, -0.2) is 40.5 Å². The summed E-state index contributed by atoms with van der Waals surface area (Å²) >= 11 is 0. The summed E-state index contributed by atoms with van der Waals surface area (Å²) in [5.74, 6) is 0. The lowest BCUT2D eigenvalue weighted by Crippen LogP contribution is -2.31. The van der Waals surface area contributed by atoms with E-state index in [0.717, 1.165) is 0 Å². The van der Waals surface area contributed by atoms with Gasteiger partial charge >= 0.3 is 0 Å². The molecule has 0 unspecified atom stereocenters. The summed E-state index contributed by atoms with van der Waals surface area (Å²) in [6.07, 6.45) is 0. The second-order valence-corrected chi connectivity index (χ2v) is 5.80. The van der Waals surface area contributed by atoms with Gasteiger partial charge in [0.2, 0.25) is 10.0 Å². The monoisotopic (exact) mass is 268 g/mol. The Bertz CT molecular complexity index is 561. The fourth-order valence-corrected chi connectivity index (χ4v) is 2.48. The van der Waals surface area contributed by atoms with E-state index < -0.39 is 10.0 Å². The summed E-state index contributed by atoms with van der Waals surface area (Å²) in [6.45, 7) is 0.893. The molecule has 0 atom stereocenters.